The summed E-state index contributed by atoms with van der Waals surface area (Å²) in [7, 11) is 1.48. The fourth-order valence-electron chi connectivity index (χ4n) is 4.03. The highest BCUT2D eigenvalue weighted by Crippen LogP contribution is 2.34. The molecule has 0 aliphatic heterocycles. The first-order valence-electron chi connectivity index (χ1n) is 11.1. The Morgan fingerprint density at radius 3 is 2.26 bits per heavy atom. The maximum absolute atomic E-state index is 13.7. The Hall–Kier alpha value is -3.10. The lowest BCUT2D eigenvalue weighted by atomic mass is 9.89. The number of benzene rings is 1. The van der Waals surface area contributed by atoms with Crippen molar-refractivity contribution in [2.24, 2.45) is 0 Å². The zero-order valence-corrected chi connectivity index (χ0v) is 20.2. The summed E-state index contributed by atoms with van der Waals surface area (Å²) in [5.74, 6) is -2.35. The van der Waals surface area contributed by atoms with Crippen LogP contribution in [0.3, 0.4) is 0 Å². The Morgan fingerprint density at radius 1 is 1.15 bits per heavy atom. The van der Waals surface area contributed by atoms with E-state index < -0.39 is 30.1 Å². The average Bonchev–Trinajstić information content (AvgIpc) is 2.73. The van der Waals surface area contributed by atoms with Gasteiger partial charge in [-0.25, -0.2) is 4.39 Å². The number of aliphatic carboxylic acids is 1. The molecule has 1 aromatic carbocycles. The van der Waals surface area contributed by atoms with Gasteiger partial charge in [0.05, 0.1) is 18.3 Å². The van der Waals surface area contributed by atoms with Crippen LogP contribution in [0.15, 0.2) is 35.1 Å². The summed E-state index contributed by atoms with van der Waals surface area (Å²) in [4.78, 5) is 36.1. The second kappa shape index (κ2) is 11.9. The summed E-state index contributed by atoms with van der Waals surface area (Å²) in [6.07, 6.45) is 0.835. The number of hydrogen-bond donors (Lipinski definition) is 2. The molecule has 0 radical (unpaired) electrons. The number of aliphatic hydroxyl groups excluding tert-OH is 1. The molecule has 2 rings (SSSR count). The van der Waals surface area contributed by atoms with Gasteiger partial charge in [-0.15, -0.1) is 0 Å². The first kappa shape index (κ1) is 27.1. The first-order chi connectivity index (χ1) is 16.0. The maximum atomic E-state index is 13.7. The van der Waals surface area contributed by atoms with Gasteiger partial charge in [0.1, 0.15) is 18.0 Å². The summed E-state index contributed by atoms with van der Waals surface area (Å²) in [5.41, 5.74) is 2.72. The summed E-state index contributed by atoms with van der Waals surface area (Å²) < 4.78 is 20.7. The van der Waals surface area contributed by atoms with E-state index in [1.54, 1.807) is 22.8 Å². The Morgan fingerprint density at radius 2 is 1.76 bits per heavy atom. The van der Waals surface area contributed by atoms with E-state index in [4.69, 9.17) is 9.84 Å². The van der Waals surface area contributed by atoms with Crippen molar-refractivity contribution in [3.8, 4) is 11.1 Å². The van der Waals surface area contributed by atoms with E-state index in [-0.39, 0.29) is 30.5 Å². The molecule has 0 saturated carbocycles. The third-order valence-electron chi connectivity index (χ3n) is 5.34. The lowest BCUT2D eigenvalue weighted by Gasteiger charge is -2.26. The highest BCUT2D eigenvalue weighted by molar-refractivity contribution is 5.95. The van der Waals surface area contributed by atoms with E-state index in [2.05, 4.69) is 0 Å². The zero-order chi connectivity index (χ0) is 25.6. The topological polar surface area (TPSA) is 106 Å². The van der Waals surface area contributed by atoms with Crippen molar-refractivity contribution in [3.05, 3.63) is 63.3 Å². The van der Waals surface area contributed by atoms with Crippen LogP contribution in [-0.4, -0.2) is 39.7 Å². The number of ether oxygens (including phenoxy) is 1. The number of methoxy groups -OCH3 is 1. The van der Waals surface area contributed by atoms with Gasteiger partial charge in [-0.05, 0) is 37.5 Å². The van der Waals surface area contributed by atoms with Gasteiger partial charge in [0, 0.05) is 36.4 Å². The SMILES string of the molecule is COCc1c(-c2ccc(F)cc2)c(/C=C/C(O)CC(=O)CC(=O)O)c(C(C)C)n(C(C)C)c1=O. The molecule has 2 N–H and O–H groups in total. The third kappa shape index (κ3) is 6.48. The van der Waals surface area contributed by atoms with Crippen molar-refractivity contribution in [2.45, 2.75) is 65.2 Å². The average molecular weight is 474 g/mol. The molecule has 0 bridgehead atoms. The van der Waals surface area contributed by atoms with E-state index in [1.165, 1.54) is 25.3 Å². The summed E-state index contributed by atoms with van der Waals surface area (Å²) in [6.45, 7) is 7.71. The van der Waals surface area contributed by atoms with E-state index in [9.17, 15) is 23.9 Å². The molecule has 184 valence electrons. The molecule has 34 heavy (non-hydrogen) atoms. The van der Waals surface area contributed by atoms with Gasteiger partial charge in [-0.2, -0.15) is 0 Å². The molecule has 1 heterocycles. The van der Waals surface area contributed by atoms with Crippen LogP contribution in [0.1, 0.15) is 69.3 Å². The quantitative estimate of drug-likeness (QED) is 0.471. The Labute approximate surface area is 198 Å². The van der Waals surface area contributed by atoms with Gasteiger partial charge in [-0.1, -0.05) is 38.1 Å². The van der Waals surface area contributed by atoms with Gasteiger partial charge in [0.15, 0.2) is 0 Å². The number of carbonyl (C=O) groups is 2. The second-order valence-electron chi connectivity index (χ2n) is 8.76. The molecule has 0 spiro atoms. The standard InChI is InChI=1S/C26H32FNO6/c1-15(2)25-21(11-10-19(29)12-20(30)13-23(31)32)24(17-6-8-18(27)9-7-17)22(14-34-5)26(33)28(25)16(3)4/h6-11,15-16,19,29H,12-14H2,1-5H3,(H,31,32)/b11-10+. The van der Waals surface area contributed by atoms with Crippen molar-refractivity contribution in [1.82, 2.24) is 4.57 Å². The summed E-state index contributed by atoms with van der Waals surface area (Å²) in [5, 5.41) is 19.2. The predicted molar refractivity (Wildman–Crippen MR) is 128 cm³/mol. The molecule has 1 atom stereocenters. The zero-order valence-electron chi connectivity index (χ0n) is 20.2. The number of carbonyl (C=O) groups excluding carboxylic acids is 1. The van der Waals surface area contributed by atoms with E-state index in [0.29, 0.717) is 22.3 Å². The molecular weight excluding hydrogens is 441 g/mol. The molecule has 0 amide bonds. The number of Topliss-reactive ketones (excluding diaryl/α,β-unsaturated/α-hetero) is 1. The van der Waals surface area contributed by atoms with Gasteiger partial charge in [0.25, 0.3) is 5.56 Å². The van der Waals surface area contributed by atoms with Crippen LogP contribution in [-0.2, 0) is 20.9 Å². The molecule has 2 aromatic rings. The van der Waals surface area contributed by atoms with Crippen LogP contribution in [0, 0.1) is 5.82 Å². The maximum Gasteiger partial charge on any atom is 0.310 e. The molecule has 1 unspecified atom stereocenters. The summed E-state index contributed by atoms with van der Waals surface area (Å²) >= 11 is 0. The number of nitrogens with zero attached hydrogens (tertiary/aromatic N) is 1. The molecular formula is C26H32FNO6. The van der Waals surface area contributed by atoms with Crippen LogP contribution in [0.2, 0.25) is 0 Å². The van der Waals surface area contributed by atoms with Crippen molar-refractivity contribution in [1.29, 1.82) is 0 Å². The second-order valence-corrected chi connectivity index (χ2v) is 8.76. The summed E-state index contributed by atoms with van der Waals surface area (Å²) in [6, 6.07) is 5.61. The lowest BCUT2D eigenvalue weighted by molar-refractivity contribution is -0.140. The number of aromatic nitrogens is 1. The van der Waals surface area contributed by atoms with Crippen LogP contribution in [0.4, 0.5) is 4.39 Å². The number of carboxylic acids is 1. The molecule has 0 saturated heterocycles. The monoisotopic (exact) mass is 473 g/mol. The Bertz CT molecular complexity index is 1120. The first-order valence-corrected chi connectivity index (χ1v) is 11.1. The van der Waals surface area contributed by atoms with Gasteiger partial charge < -0.3 is 19.5 Å². The Balaban J connectivity index is 2.81. The minimum Gasteiger partial charge on any atom is -0.481 e. The van der Waals surface area contributed by atoms with Crippen molar-refractivity contribution >= 4 is 17.8 Å². The molecule has 0 aliphatic carbocycles. The number of hydrogen-bond acceptors (Lipinski definition) is 5. The number of ketones is 1. The molecule has 8 heteroatoms. The van der Waals surface area contributed by atoms with E-state index in [1.807, 2.05) is 27.7 Å². The molecule has 0 aliphatic rings. The van der Waals surface area contributed by atoms with Crippen LogP contribution >= 0.6 is 0 Å². The van der Waals surface area contributed by atoms with Gasteiger partial charge >= 0.3 is 5.97 Å². The minimum atomic E-state index is -1.25. The predicted octanol–water partition coefficient (Wildman–Crippen LogP) is 4.31. The van der Waals surface area contributed by atoms with E-state index in [0.717, 1.165) is 5.69 Å². The smallest absolute Gasteiger partial charge is 0.310 e. The molecule has 7 nitrogen and oxygen atoms in total. The van der Waals surface area contributed by atoms with Crippen LogP contribution in [0.5, 0.6) is 0 Å². The molecule has 0 fully saturated rings. The third-order valence-corrected chi connectivity index (χ3v) is 5.34. The number of carboxylic acid groups (broad SMARTS) is 1. The molecule has 1 aromatic heterocycles. The Kier molecular flexibility index (Phi) is 9.46. The minimum absolute atomic E-state index is 0.0249. The van der Waals surface area contributed by atoms with Crippen LogP contribution < -0.4 is 5.56 Å². The highest BCUT2D eigenvalue weighted by atomic mass is 19.1. The number of rotatable bonds is 11. The fourth-order valence-corrected chi connectivity index (χ4v) is 4.03. The van der Waals surface area contributed by atoms with Crippen LogP contribution in [0.25, 0.3) is 17.2 Å². The largest absolute Gasteiger partial charge is 0.481 e. The number of aliphatic hydroxyl groups is 1. The fraction of sp³-hybridized carbons (Fsp3) is 0.423. The van der Waals surface area contributed by atoms with Crippen molar-refractivity contribution in [2.75, 3.05) is 7.11 Å². The number of halogens is 1. The van der Waals surface area contributed by atoms with Crippen molar-refractivity contribution in [3.63, 3.8) is 0 Å². The van der Waals surface area contributed by atoms with Gasteiger partial charge in [-0.3, -0.25) is 14.4 Å². The van der Waals surface area contributed by atoms with Gasteiger partial charge in [0.2, 0.25) is 0 Å². The number of pyridine rings is 1. The lowest BCUT2D eigenvalue weighted by Crippen LogP contribution is -2.31. The van der Waals surface area contributed by atoms with Crippen molar-refractivity contribution < 1.29 is 28.9 Å². The highest BCUT2D eigenvalue weighted by Gasteiger charge is 2.24. The van der Waals surface area contributed by atoms with E-state index >= 15 is 0 Å². The normalized spacial score (nSPS) is 12.6.